The minimum Gasteiger partial charge on any atom is -0.297 e. The molecule has 2 aliphatic heterocycles. The Morgan fingerprint density at radius 1 is 0.667 bits per heavy atom. The number of nitrogens with zero attached hydrogens (tertiary/aromatic N) is 4. The highest BCUT2D eigenvalue weighted by atomic mass is 32.1. The van der Waals surface area contributed by atoms with Crippen molar-refractivity contribution in [3.63, 3.8) is 0 Å². The number of thiophene rings is 2. The molecule has 4 aromatic carbocycles. The summed E-state index contributed by atoms with van der Waals surface area (Å²) in [6.45, 7) is 8.93. The van der Waals surface area contributed by atoms with Gasteiger partial charge in [-0.15, -0.1) is 22.7 Å². The highest BCUT2D eigenvalue weighted by molar-refractivity contribution is 7.26. The molecule has 0 radical (unpaired) electrons. The van der Waals surface area contributed by atoms with Crippen LogP contribution in [0.4, 0.5) is 0 Å². The lowest BCUT2D eigenvalue weighted by atomic mass is 9.34. The third kappa shape index (κ3) is 2.24. The minimum atomic E-state index is 0.134. The second-order valence-electron chi connectivity index (χ2n) is 11.1. The van der Waals surface area contributed by atoms with Crippen molar-refractivity contribution in [1.82, 2.24) is 19.1 Å². The first-order valence-electron chi connectivity index (χ1n) is 13.4. The lowest BCUT2D eigenvalue weighted by Gasteiger charge is -2.33. The molecule has 0 atom stereocenters. The largest absolute Gasteiger partial charge is 0.297 e. The van der Waals surface area contributed by atoms with Gasteiger partial charge in [-0.3, -0.25) is 9.13 Å². The predicted octanol–water partition coefficient (Wildman–Crippen LogP) is 6.32. The number of rotatable bonds is 0. The standard InChI is InChI=1S/C32H21BN4S2/c1-14-15(2)38-24-12-19-31-29(26(14)24)34-16(3)36(31)21-9-7-10-22-28(21)33(19)20-13-25-27(18-8-5-6-11-23(18)39-25)30-32(20)37(22)17(4)35-30/h5-13H,1-4H3. The first-order valence-corrected chi connectivity index (χ1v) is 15.0. The Balaban J connectivity index is 1.46. The number of aryl methyl sites for hydroxylation is 4. The lowest BCUT2D eigenvalue weighted by Crippen LogP contribution is -2.59. The summed E-state index contributed by atoms with van der Waals surface area (Å²) in [6, 6.07) is 20.5. The van der Waals surface area contributed by atoms with Crippen molar-refractivity contribution in [2.75, 3.05) is 0 Å². The van der Waals surface area contributed by atoms with E-state index < -0.39 is 0 Å². The molecule has 0 bridgehead atoms. The molecule has 0 aliphatic carbocycles. The van der Waals surface area contributed by atoms with Crippen LogP contribution in [0.3, 0.4) is 0 Å². The Labute approximate surface area is 232 Å². The molecule has 2 aliphatic rings. The van der Waals surface area contributed by atoms with Crippen LogP contribution < -0.4 is 16.4 Å². The Morgan fingerprint density at radius 2 is 1.28 bits per heavy atom. The molecular formula is C32H21BN4S2. The molecule has 10 rings (SSSR count). The van der Waals surface area contributed by atoms with Crippen molar-refractivity contribution < 1.29 is 0 Å². The maximum atomic E-state index is 5.27. The molecule has 0 fully saturated rings. The smallest absolute Gasteiger partial charge is 0.252 e. The first kappa shape index (κ1) is 21.0. The Bertz CT molecular complexity index is 2450. The van der Waals surface area contributed by atoms with E-state index in [1.165, 1.54) is 79.5 Å². The number of imidazole rings is 2. The molecule has 7 heteroatoms. The highest BCUT2D eigenvalue weighted by Crippen LogP contribution is 2.42. The van der Waals surface area contributed by atoms with Gasteiger partial charge in [0.2, 0.25) is 0 Å². The summed E-state index contributed by atoms with van der Waals surface area (Å²) in [5.74, 6) is 2.09. The van der Waals surface area contributed by atoms with Crippen LogP contribution >= 0.6 is 22.7 Å². The fraction of sp³-hybridized carbons (Fsp3) is 0.125. The van der Waals surface area contributed by atoms with E-state index in [1.54, 1.807) is 0 Å². The van der Waals surface area contributed by atoms with Crippen LogP contribution in [0.5, 0.6) is 0 Å². The summed E-state index contributed by atoms with van der Waals surface area (Å²) in [5, 5.41) is 3.91. The molecule has 39 heavy (non-hydrogen) atoms. The van der Waals surface area contributed by atoms with Crippen molar-refractivity contribution in [2.45, 2.75) is 27.7 Å². The molecule has 0 spiro atoms. The summed E-state index contributed by atoms with van der Waals surface area (Å²) in [6.07, 6.45) is 0. The zero-order valence-corrected chi connectivity index (χ0v) is 23.5. The van der Waals surface area contributed by atoms with E-state index in [1.807, 2.05) is 22.7 Å². The van der Waals surface area contributed by atoms with Crippen LogP contribution in [0.25, 0.3) is 63.7 Å². The van der Waals surface area contributed by atoms with E-state index >= 15 is 0 Å². The molecular weight excluding hydrogens is 515 g/mol. The molecule has 0 N–H and O–H groups in total. The van der Waals surface area contributed by atoms with Gasteiger partial charge in [0.1, 0.15) is 11.6 Å². The van der Waals surface area contributed by atoms with Gasteiger partial charge in [0.05, 0.1) is 22.1 Å². The fourth-order valence-corrected chi connectivity index (χ4v) is 9.84. The summed E-state index contributed by atoms with van der Waals surface area (Å²) >= 11 is 3.79. The minimum absolute atomic E-state index is 0.134. The Morgan fingerprint density at radius 3 is 1.97 bits per heavy atom. The zero-order chi connectivity index (χ0) is 25.9. The van der Waals surface area contributed by atoms with Gasteiger partial charge in [-0.25, -0.2) is 9.97 Å². The van der Waals surface area contributed by atoms with Gasteiger partial charge in [-0.05, 0) is 80.0 Å². The van der Waals surface area contributed by atoms with Gasteiger partial charge in [0.15, 0.2) is 0 Å². The van der Waals surface area contributed by atoms with Crippen molar-refractivity contribution in [1.29, 1.82) is 0 Å². The zero-order valence-electron chi connectivity index (χ0n) is 21.9. The molecule has 0 unspecified atom stereocenters. The van der Waals surface area contributed by atoms with Crippen molar-refractivity contribution >= 4 is 98.1 Å². The van der Waals surface area contributed by atoms with Gasteiger partial charge in [-0.1, -0.05) is 24.3 Å². The van der Waals surface area contributed by atoms with Gasteiger partial charge >= 0.3 is 0 Å². The number of benzene rings is 4. The maximum absolute atomic E-state index is 5.27. The Hall–Kier alpha value is -3.94. The molecule has 6 heterocycles. The lowest BCUT2D eigenvalue weighted by molar-refractivity contribution is 0.981. The van der Waals surface area contributed by atoms with Crippen LogP contribution in [0, 0.1) is 27.7 Å². The molecule has 4 nitrogen and oxygen atoms in total. The van der Waals surface area contributed by atoms with Gasteiger partial charge in [0, 0.05) is 46.5 Å². The molecule has 0 saturated carbocycles. The SMILES string of the molecule is Cc1sc2cc3c4c(nc(C)n4-c4cccc5c4B3c3cc4sc6ccccc6c4c4nc(C)n-5c34)c2c1C. The van der Waals surface area contributed by atoms with Crippen molar-refractivity contribution in [2.24, 2.45) is 0 Å². The normalized spacial score (nSPS) is 13.6. The molecule has 0 amide bonds. The van der Waals surface area contributed by atoms with Crippen molar-refractivity contribution in [3.8, 4) is 11.4 Å². The summed E-state index contributed by atoms with van der Waals surface area (Å²) in [5.41, 5.74) is 12.7. The monoisotopic (exact) mass is 536 g/mol. The van der Waals surface area contributed by atoms with E-state index in [0.717, 1.165) is 22.7 Å². The molecule has 8 aromatic rings. The number of hydrogen-bond acceptors (Lipinski definition) is 4. The van der Waals surface area contributed by atoms with E-state index in [2.05, 4.69) is 91.4 Å². The van der Waals surface area contributed by atoms with Crippen LogP contribution in [0.2, 0.25) is 0 Å². The summed E-state index contributed by atoms with van der Waals surface area (Å²) < 4.78 is 8.81. The van der Waals surface area contributed by atoms with Gasteiger partial charge in [0.25, 0.3) is 6.71 Å². The van der Waals surface area contributed by atoms with Gasteiger partial charge < -0.3 is 0 Å². The van der Waals surface area contributed by atoms with Crippen LogP contribution in [-0.4, -0.2) is 25.8 Å². The molecule has 4 aromatic heterocycles. The Kier molecular flexibility index (Phi) is 3.55. The first-order chi connectivity index (χ1) is 19.0. The third-order valence-corrected chi connectivity index (χ3v) is 11.4. The quantitative estimate of drug-likeness (QED) is 0.213. The van der Waals surface area contributed by atoms with Crippen molar-refractivity contribution in [3.05, 3.63) is 76.7 Å². The second kappa shape index (κ2) is 6.61. The van der Waals surface area contributed by atoms with Gasteiger partial charge in [-0.2, -0.15) is 0 Å². The van der Waals surface area contributed by atoms with Crippen LogP contribution in [-0.2, 0) is 0 Å². The summed E-state index contributed by atoms with van der Waals surface area (Å²) in [4.78, 5) is 11.9. The van der Waals surface area contributed by atoms with E-state index in [9.17, 15) is 0 Å². The summed E-state index contributed by atoms with van der Waals surface area (Å²) in [7, 11) is 0. The predicted molar refractivity (Wildman–Crippen MR) is 168 cm³/mol. The fourth-order valence-electron chi connectivity index (χ4n) is 7.56. The van der Waals surface area contributed by atoms with E-state index in [0.29, 0.717) is 0 Å². The van der Waals surface area contributed by atoms with E-state index in [-0.39, 0.29) is 6.71 Å². The van der Waals surface area contributed by atoms with E-state index in [4.69, 9.17) is 9.97 Å². The molecule has 184 valence electrons. The van der Waals surface area contributed by atoms with Crippen LogP contribution in [0.15, 0.2) is 54.6 Å². The van der Waals surface area contributed by atoms with Crippen LogP contribution in [0.1, 0.15) is 22.1 Å². The molecule has 0 saturated heterocycles. The second-order valence-corrected chi connectivity index (χ2v) is 13.4. The third-order valence-electron chi connectivity index (χ3n) is 9.17. The average molecular weight is 536 g/mol. The number of fused-ring (bicyclic) bond motifs is 10. The number of aromatic nitrogens is 4. The number of hydrogen-bond donors (Lipinski definition) is 0. The average Bonchev–Trinajstić information content (AvgIpc) is 3.65. The topological polar surface area (TPSA) is 35.6 Å². The highest BCUT2D eigenvalue weighted by Gasteiger charge is 2.42. The maximum Gasteiger partial charge on any atom is 0.252 e.